The molecule has 1 aromatic heterocycles. The molecule has 0 aliphatic carbocycles. The third-order valence-electron chi connectivity index (χ3n) is 3.94. The van der Waals surface area contributed by atoms with Crippen LogP contribution in [0.4, 0.5) is 18.9 Å². The number of anilines is 1. The van der Waals surface area contributed by atoms with Crippen LogP contribution in [0.3, 0.4) is 0 Å². The second kappa shape index (κ2) is 6.27. The highest BCUT2D eigenvalue weighted by Gasteiger charge is 2.40. The first-order chi connectivity index (χ1) is 11.4. The molecule has 5 nitrogen and oxygen atoms in total. The van der Waals surface area contributed by atoms with Crippen LogP contribution in [0.25, 0.3) is 5.69 Å². The first kappa shape index (κ1) is 16.5. The summed E-state index contributed by atoms with van der Waals surface area (Å²) in [6.45, 7) is 2.25. The Morgan fingerprint density at radius 3 is 2.62 bits per heavy atom. The van der Waals surface area contributed by atoms with Crippen molar-refractivity contribution in [1.29, 1.82) is 0 Å². The van der Waals surface area contributed by atoms with E-state index in [2.05, 4.69) is 10.4 Å². The molecule has 24 heavy (non-hydrogen) atoms. The summed E-state index contributed by atoms with van der Waals surface area (Å²) in [7, 11) is 0. The predicted octanol–water partition coefficient (Wildman–Crippen LogP) is 3.25. The molecule has 0 bridgehead atoms. The molecule has 1 aliphatic heterocycles. The van der Waals surface area contributed by atoms with E-state index in [0.29, 0.717) is 13.0 Å². The van der Waals surface area contributed by atoms with E-state index in [1.807, 2.05) is 6.92 Å². The van der Waals surface area contributed by atoms with Gasteiger partial charge in [-0.05, 0) is 24.5 Å². The van der Waals surface area contributed by atoms with Crippen LogP contribution in [-0.2, 0) is 15.7 Å². The topological polar surface area (TPSA) is 56.1 Å². The van der Waals surface area contributed by atoms with E-state index in [1.165, 1.54) is 12.1 Å². The van der Waals surface area contributed by atoms with Crippen molar-refractivity contribution in [3.05, 3.63) is 42.2 Å². The zero-order valence-electron chi connectivity index (χ0n) is 12.9. The first-order valence-corrected chi connectivity index (χ1v) is 7.51. The van der Waals surface area contributed by atoms with Crippen molar-refractivity contribution in [2.75, 3.05) is 11.9 Å². The van der Waals surface area contributed by atoms with E-state index in [9.17, 15) is 18.0 Å². The summed E-state index contributed by atoms with van der Waals surface area (Å²) in [5, 5.41) is 6.10. The molecule has 2 aromatic rings. The number of aromatic nitrogens is 2. The predicted molar refractivity (Wildman–Crippen MR) is 80.7 cm³/mol. The number of nitrogens with one attached hydrogen (secondary N) is 1. The lowest BCUT2D eigenvalue weighted by Gasteiger charge is -2.16. The normalized spacial score (nSPS) is 21.0. The number of ether oxygens (including phenoxy) is 1. The zero-order valence-corrected chi connectivity index (χ0v) is 12.9. The van der Waals surface area contributed by atoms with E-state index in [1.54, 1.807) is 18.2 Å². The SMILES string of the molecule is C[C@@H]1CCO[C@@H]1C(=O)Nc1cnn(-c2ccccc2)c1C(F)(F)F. The lowest BCUT2D eigenvalue weighted by Crippen LogP contribution is -2.32. The van der Waals surface area contributed by atoms with Gasteiger partial charge in [-0.1, -0.05) is 25.1 Å². The maximum atomic E-state index is 13.5. The van der Waals surface area contributed by atoms with Crippen molar-refractivity contribution in [3.63, 3.8) is 0 Å². The average Bonchev–Trinajstić information content (AvgIpc) is 3.14. The van der Waals surface area contributed by atoms with Crippen LogP contribution in [-0.4, -0.2) is 28.4 Å². The number of hydrogen-bond donors (Lipinski definition) is 1. The van der Waals surface area contributed by atoms with Gasteiger partial charge in [-0.3, -0.25) is 4.79 Å². The minimum absolute atomic E-state index is 0.0384. The highest BCUT2D eigenvalue weighted by atomic mass is 19.4. The van der Waals surface area contributed by atoms with Gasteiger partial charge >= 0.3 is 6.18 Å². The zero-order chi connectivity index (χ0) is 17.3. The number of carbonyl (C=O) groups is 1. The van der Waals surface area contributed by atoms with Gasteiger partial charge < -0.3 is 10.1 Å². The standard InChI is InChI=1S/C16H16F3N3O2/c1-10-7-8-24-13(10)15(23)21-12-9-20-22(14(12)16(17,18)19)11-5-3-2-4-6-11/h2-6,9-10,13H,7-8H2,1H3,(H,21,23)/t10-,13+/m1/s1. The molecule has 0 saturated carbocycles. The Bertz CT molecular complexity index is 728. The van der Waals surface area contributed by atoms with Crippen LogP contribution < -0.4 is 5.32 Å². The van der Waals surface area contributed by atoms with Gasteiger partial charge in [-0.15, -0.1) is 0 Å². The fourth-order valence-corrected chi connectivity index (χ4v) is 2.71. The fraction of sp³-hybridized carbons (Fsp3) is 0.375. The smallest absolute Gasteiger partial charge is 0.368 e. The fourth-order valence-electron chi connectivity index (χ4n) is 2.71. The molecule has 1 aliphatic rings. The molecule has 0 radical (unpaired) electrons. The molecule has 128 valence electrons. The third kappa shape index (κ3) is 3.14. The monoisotopic (exact) mass is 339 g/mol. The number of benzene rings is 1. The molecule has 3 rings (SSSR count). The Balaban J connectivity index is 1.94. The van der Waals surface area contributed by atoms with Gasteiger partial charge in [0, 0.05) is 6.61 Å². The second-order valence-corrected chi connectivity index (χ2v) is 5.70. The summed E-state index contributed by atoms with van der Waals surface area (Å²) >= 11 is 0. The molecule has 1 fully saturated rings. The van der Waals surface area contributed by atoms with Gasteiger partial charge in [-0.25, -0.2) is 4.68 Å². The minimum atomic E-state index is -4.67. The van der Waals surface area contributed by atoms with Crippen molar-refractivity contribution in [2.45, 2.75) is 25.6 Å². The van der Waals surface area contributed by atoms with E-state index in [0.717, 1.165) is 10.9 Å². The maximum absolute atomic E-state index is 13.5. The van der Waals surface area contributed by atoms with Gasteiger partial charge in [-0.2, -0.15) is 18.3 Å². The molecule has 1 N–H and O–H groups in total. The van der Waals surface area contributed by atoms with Gasteiger partial charge in [0.05, 0.1) is 17.6 Å². The molecule has 1 saturated heterocycles. The van der Waals surface area contributed by atoms with Gasteiger partial charge in [0.1, 0.15) is 6.10 Å². The number of amides is 1. The number of rotatable bonds is 3. The quantitative estimate of drug-likeness (QED) is 0.934. The van der Waals surface area contributed by atoms with Crippen LogP contribution in [0.1, 0.15) is 19.0 Å². The Morgan fingerprint density at radius 1 is 1.33 bits per heavy atom. The van der Waals surface area contributed by atoms with E-state index >= 15 is 0 Å². The third-order valence-corrected chi connectivity index (χ3v) is 3.94. The Labute approximate surface area is 136 Å². The summed E-state index contributed by atoms with van der Waals surface area (Å²) in [5.41, 5.74) is -1.14. The average molecular weight is 339 g/mol. The summed E-state index contributed by atoms with van der Waals surface area (Å²) < 4.78 is 46.5. The lowest BCUT2D eigenvalue weighted by atomic mass is 10.0. The van der Waals surface area contributed by atoms with E-state index < -0.39 is 23.9 Å². The number of carbonyl (C=O) groups excluding carboxylic acids is 1. The van der Waals surface area contributed by atoms with Crippen LogP contribution in [0, 0.1) is 5.92 Å². The molecule has 2 atom stereocenters. The van der Waals surface area contributed by atoms with Crippen molar-refractivity contribution < 1.29 is 22.7 Å². The highest BCUT2D eigenvalue weighted by Crippen LogP contribution is 2.36. The Kier molecular flexibility index (Phi) is 4.31. The van der Waals surface area contributed by atoms with Crippen LogP contribution in [0.2, 0.25) is 0 Å². The molecule has 0 unspecified atom stereocenters. The van der Waals surface area contributed by atoms with Gasteiger partial charge in [0.25, 0.3) is 5.91 Å². The second-order valence-electron chi connectivity index (χ2n) is 5.70. The van der Waals surface area contributed by atoms with Crippen LogP contribution in [0.15, 0.2) is 36.5 Å². The first-order valence-electron chi connectivity index (χ1n) is 7.51. The number of nitrogens with zero attached hydrogens (tertiary/aromatic N) is 2. The minimum Gasteiger partial charge on any atom is -0.368 e. The molecule has 1 aromatic carbocycles. The highest BCUT2D eigenvalue weighted by molar-refractivity contribution is 5.95. The maximum Gasteiger partial charge on any atom is 0.435 e. The molecule has 8 heteroatoms. The summed E-state index contributed by atoms with van der Waals surface area (Å²) in [4.78, 5) is 12.2. The van der Waals surface area contributed by atoms with E-state index in [4.69, 9.17) is 4.74 Å². The summed E-state index contributed by atoms with van der Waals surface area (Å²) in [5.74, 6) is -0.624. The molecule has 2 heterocycles. The van der Waals surface area contributed by atoms with Crippen LogP contribution >= 0.6 is 0 Å². The number of halogens is 3. The number of hydrogen-bond acceptors (Lipinski definition) is 3. The number of para-hydroxylation sites is 1. The van der Waals surface area contributed by atoms with Gasteiger partial charge in [0.2, 0.25) is 0 Å². The molecular weight excluding hydrogens is 323 g/mol. The van der Waals surface area contributed by atoms with Crippen molar-refractivity contribution in [3.8, 4) is 5.69 Å². The Morgan fingerprint density at radius 2 is 2.04 bits per heavy atom. The van der Waals surface area contributed by atoms with Crippen LogP contribution in [0.5, 0.6) is 0 Å². The molecule has 0 spiro atoms. The van der Waals surface area contributed by atoms with E-state index in [-0.39, 0.29) is 17.3 Å². The van der Waals surface area contributed by atoms with Gasteiger partial charge in [0.15, 0.2) is 5.69 Å². The Hall–Kier alpha value is -2.35. The largest absolute Gasteiger partial charge is 0.435 e. The summed E-state index contributed by atoms with van der Waals surface area (Å²) in [6, 6.07) is 7.95. The molecular formula is C16H16F3N3O2. The number of alkyl halides is 3. The lowest BCUT2D eigenvalue weighted by molar-refractivity contribution is -0.142. The van der Waals surface area contributed by atoms with Crippen molar-refractivity contribution >= 4 is 11.6 Å². The molecule has 1 amide bonds. The van der Waals surface area contributed by atoms with Crippen molar-refractivity contribution in [2.24, 2.45) is 5.92 Å². The summed E-state index contributed by atoms with van der Waals surface area (Å²) in [6.07, 6.45) is -3.70. The van der Waals surface area contributed by atoms with Crippen molar-refractivity contribution in [1.82, 2.24) is 9.78 Å².